The van der Waals surface area contributed by atoms with E-state index in [1.54, 1.807) is 19.1 Å². The zero-order valence-corrected chi connectivity index (χ0v) is 21.6. The maximum atomic E-state index is 13.8. The Bertz CT molecular complexity index is 1290. The molecule has 1 amide bonds. The monoisotopic (exact) mass is 507 g/mol. The topological polar surface area (TPSA) is 84.4 Å². The molecule has 1 unspecified atom stereocenters. The molecule has 1 N–H and O–H groups in total. The lowest BCUT2D eigenvalue weighted by molar-refractivity contribution is -0.134. The lowest BCUT2D eigenvalue weighted by Gasteiger charge is -2.48. The summed E-state index contributed by atoms with van der Waals surface area (Å²) in [4.78, 5) is 26.7. The number of aryl methyl sites for hydroxylation is 2. The van der Waals surface area contributed by atoms with Crippen molar-refractivity contribution in [2.75, 3.05) is 36.1 Å². The summed E-state index contributed by atoms with van der Waals surface area (Å²) in [6, 6.07) is 14.4. The zero-order valence-electron chi connectivity index (χ0n) is 20.8. The highest BCUT2D eigenvalue weighted by molar-refractivity contribution is 7.91. The second kappa shape index (κ2) is 9.71. The predicted molar refractivity (Wildman–Crippen MR) is 139 cm³/mol. The normalized spacial score (nSPS) is 18.6. The molecule has 0 saturated carbocycles. The summed E-state index contributed by atoms with van der Waals surface area (Å²) < 4.78 is 26.5. The van der Waals surface area contributed by atoms with Crippen molar-refractivity contribution < 1.29 is 13.7 Å². The van der Waals surface area contributed by atoms with Crippen LogP contribution in [0.25, 0.3) is 0 Å². The summed E-state index contributed by atoms with van der Waals surface area (Å²) in [6.07, 6.45) is 2.07. The van der Waals surface area contributed by atoms with Crippen molar-refractivity contribution in [3.63, 3.8) is 0 Å². The maximum Gasteiger partial charge on any atom is 0.227 e. The van der Waals surface area contributed by atoms with Gasteiger partial charge in [-0.2, -0.15) is 4.98 Å². The fourth-order valence-electron chi connectivity index (χ4n) is 5.37. The van der Waals surface area contributed by atoms with Gasteiger partial charge in [0.2, 0.25) is 16.8 Å². The third-order valence-electron chi connectivity index (χ3n) is 7.40. The van der Waals surface area contributed by atoms with E-state index in [1.165, 1.54) is 17.7 Å². The summed E-state index contributed by atoms with van der Waals surface area (Å²) in [7, 11) is 1.88. The van der Waals surface area contributed by atoms with Crippen molar-refractivity contribution in [2.24, 2.45) is 0 Å². The number of piperidine rings is 1. The molecule has 2 aliphatic rings. The van der Waals surface area contributed by atoms with Crippen LogP contribution < -0.4 is 10.2 Å². The van der Waals surface area contributed by atoms with Crippen LogP contribution in [-0.4, -0.2) is 51.2 Å². The first-order chi connectivity index (χ1) is 17.3. The molecule has 3 aromatic rings. The van der Waals surface area contributed by atoms with Gasteiger partial charge < -0.3 is 19.7 Å². The van der Waals surface area contributed by atoms with Crippen molar-refractivity contribution in [3.8, 4) is 0 Å². The van der Waals surface area contributed by atoms with Gasteiger partial charge in [-0.25, -0.2) is 9.37 Å². The van der Waals surface area contributed by atoms with Gasteiger partial charge in [-0.1, -0.05) is 30.3 Å². The minimum absolute atomic E-state index is 0.0320. The van der Waals surface area contributed by atoms with E-state index < -0.39 is 16.7 Å². The van der Waals surface area contributed by atoms with Gasteiger partial charge in [0.05, 0.1) is 5.54 Å². The molecular weight excluding hydrogens is 477 g/mol. The molecule has 188 valence electrons. The van der Waals surface area contributed by atoms with Crippen LogP contribution in [0.4, 0.5) is 21.8 Å². The molecule has 1 fully saturated rings. The first-order valence-electron chi connectivity index (χ1n) is 12.2. The van der Waals surface area contributed by atoms with Gasteiger partial charge in [0.1, 0.15) is 17.3 Å². The number of carbonyl (C=O) groups excluding carboxylic acids is 1. The van der Waals surface area contributed by atoms with Crippen molar-refractivity contribution in [1.82, 2.24) is 14.9 Å². The van der Waals surface area contributed by atoms with E-state index in [-0.39, 0.29) is 11.7 Å². The first-order valence-corrected chi connectivity index (χ1v) is 13.5. The molecule has 0 radical (unpaired) electrons. The number of hydrogen-bond donors (Lipinski definition) is 1. The highest BCUT2D eigenvalue weighted by Crippen LogP contribution is 2.41. The Morgan fingerprint density at radius 2 is 1.92 bits per heavy atom. The van der Waals surface area contributed by atoms with E-state index in [4.69, 9.17) is 9.97 Å². The summed E-state index contributed by atoms with van der Waals surface area (Å²) in [6.45, 7) is 5.02. The number of aromatic nitrogens is 2. The molecule has 5 rings (SSSR count). The Kier molecular flexibility index (Phi) is 6.61. The summed E-state index contributed by atoms with van der Waals surface area (Å²) in [5, 5.41) is 3.17. The molecule has 2 aromatic carbocycles. The van der Waals surface area contributed by atoms with Gasteiger partial charge >= 0.3 is 0 Å². The molecule has 1 aromatic heterocycles. The predicted octanol–water partition coefficient (Wildman–Crippen LogP) is 4.31. The Morgan fingerprint density at radius 3 is 2.61 bits per heavy atom. The highest BCUT2D eigenvalue weighted by atomic mass is 32.2. The number of halogens is 1. The standard InChI is InChI=1S/C27H30FN5O2S/c1-18-7-4-5-10-22(18)27(32(3)19(2)34)12-14-33(15-13-27)26-30-23-11-16-36(35)24(23)25(31-26)29-21-9-6-8-20(28)17-21/h4-10,17H,11-16H2,1-3H3,(H,29,30,31). The lowest BCUT2D eigenvalue weighted by atomic mass is 9.77. The Labute approximate surface area is 213 Å². The van der Waals surface area contributed by atoms with Gasteiger partial charge in [0.25, 0.3) is 0 Å². The van der Waals surface area contributed by atoms with E-state index in [0.29, 0.717) is 47.6 Å². The van der Waals surface area contributed by atoms with Gasteiger partial charge in [0.15, 0.2) is 5.82 Å². The summed E-state index contributed by atoms with van der Waals surface area (Å²) in [5.41, 5.74) is 3.24. The van der Waals surface area contributed by atoms with Gasteiger partial charge in [-0.15, -0.1) is 0 Å². The molecule has 0 bridgehead atoms. The van der Waals surface area contributed by atoms with E-state index >= 15 is 0 Å². The quantitative estimate of drug-likeness (QED) is 0.519. The van der Waals surface area contributed by atoms with E-state index in [1.807, 2.05) is 24.1 Å². The second-order valence-electron chi connectivity index (χ2n) is 9.49. The van der Waals surface area contributed by atoms with Crippen LogP contribution >= 0.6 is 0 Å². The molecule has 1 saturated heterocycles. The number of benzene rings is 2. The number of nitrogens with zero attached hydrogens (tertiary/aromatic N) is 4. The molecule has 9 heteroatoms. The maximum absolute atomic E-state index is 13.8. The average molecular weight is 508 g/mol. The highest BCUT2D eigenvalue weighted by Gasteiger charge is 2.43. The van der Waals surface area contributed by atoms with E-state index in [2.05, 4.69) is 29.3 Å². The summed E-state index contributed by atoms with van der Waals surface area (Å²) >= 11 is -1.20. The van der Waals surface area contributed by atoms with Gasteiger partial charge in [-0.05, 0) is 60.3 Å². The smallest absolute Gasteiger partial charge is 0.227 e. The van der Waals surface area contributed by atoms with Gasteiger partial charge in [0, 0.05) is 39.2 Å². The first kappa shape index (κ1) is 24.5. The van der Waals surface area contributed by atoms with E-state index in [9.17, 15) is 13.7 Å². The number of amides is 1. The number of carbonyl (C=O) groups is 1. The second-order valence-corrected chi connectivity index (χ2v) is 11.0. The van der Waals surface area contributed by atoms with Crippen LogP contribution in [0.5, 0.6) is 0 Å². The molecule has 36 heavy (non-hydrogen) atoms. The van der Waals surface area contributed by atoms with Crippen molar-refractivity contribution in [2.45, 2.75) is 43.5 Å². The Balaban J connectivity index is 1.46. The number of rotatable bonds is 5. The lowest BCUT2D eigenvalue weighted by Crippen LogP contribution is -2.54. The van der Waals surface area contributed by atoms with Crippen molar-refractivity contribution in [1.29, 1.82) is 0 Å². The number of anilines is 3. The molecular formula is C27H30FN5O2S. The fourth-order valence-corrected chi connectivity index (χ4v) is 6.68. The summed E-state index contributed by atoms with van der Waals surface area (Å²) in [5.74, 6) is 1.21. The van der Waals surface area contributed by atoms with Crippen molar-refractivity contribution in [3.05, 3.63) is 71.2 Å². The molecule has 0 aliphatic carbocycles. The molecule has 1 atom stereocenters. The average Bonchev–Trinajstić information content (AvgIpc) is 3.24. The molecule has 0 spiro atoms. The van der Waals surface area contributed by atoms with Crippen LogP contribution in [0.15, 0.2) is 53.4 Å². The molecule has 2 aliphatic heterocycles. The largest absolute Gasteiger partial charge is 0.611 e. The van der Waals surface area contributed by atoms with Gasteiger partial charge in [-0.3, -0.25) is 4.79 Å². The van der Waals surface area contributed by atoms with Crippen LogP contribution in [0, 0.1) is 12.7 Å². The third-order valence-corrected chi connectivity index (χ3v) is 8.86. The SMILES string of the molecule is CC(=O)N(C)C1(c2ccccc2C)CCN(c2nc3c(c(Nc4cccc(F)c4)n2)[S+]([O-])CC3)CC1. The zero-order chi connectivity index (χ0) is 25.4. The van der Waals surface area contributed by atoms with Crippen LogP contribution in [-0.2, 0) is 27.9 Å². The van der Waals surface area contributed by atoms with Crippen LogP contribution in [0.2, 0.25) is 0 Å². The third kappa shape index (κ3) is 4.41. The minimum atomic E-state index is -1.20. The number of fused-ring (bicyclic) bond motifs is 1. The Hall–Kier alpha value is -3.17. The Morgan fingerprint density at radius 1 is 1.17 bits per heavy atom. The number of nitrogens with one attached hydrogen (secondary N) is 1. The minimum Gasteiger partial charge on any atom is -0.611 e. The molecule has 3 heterocycles. The fraction of sp³-hybridized carbons (Fsp3) is 0.370. The van der Waals surface area contributed by atoms with Crippen LogP contribution in [0.1, 0.15) is 36.6 Å². The van der Waals surface area contributed by atoms with E-state index in [0.717, 1.165) is 24.1 Å². The molecule has 7 nitrogen and oxygen atoms in total. The number of hydrogen-bond acceptors (Lipinski definition) is 6. The van der Waals surface area contributed by atoms with Crippen molar-refractivity contribution >= 4 is 34.5 Å². The van der Waals surface area contributed by atoms with Crippen LogP contribution in [0.3, 0.4) is 0 Å².